The summed E-state index contributed by atoms with van der Waals surface area (Å²) >= 11 is 0. The van der Waals surface area contributed by atoms with Gasteiger partial charge in [0.05, 0.1) is 22.4 Å². The van der Waals surface area contributed by atoms with Gasteiger partial charge in [-0.05, 0) is 109 Å². The summed E-state index contributed by atoms with van der Waals surface area (Å²) in [6, 6.07) is 43.8. The van der Waals surface area contributed by atoms with Crippen molar-refractivity contribution in [2.24, 2.45) is 0 Å². The molecule has 6 aromatic carbocycles. The van der Waals surface area contributed by atoms with Crippen LogP contribution in [0.5, 0.6) is 0 Å². The van der Waals surface area contributed by atoms with Gasteiger partial charge in [-0.15, -0.1) is 0 Å². The van der Waals surface area contributed by atoms with Gasteiger partial charge in [-0.3, -0.25) is 0 Å². The Morgan fingerprint density at radius 2 is 0.885 bits per heavy atom. The number of allylic oxidation sites excluding steroid dienone is 2. The lowest BCUT2D eigenvalue weighted by molar-refractivity contribution is 0.665. The number of rotatable bonds is 3. The second kappa shape index (κ2) is 10.5. The first-order valence-corrected chi connectivity index (χ1v) is 18.3. The molecule has 0 spiro atoms. The Hall–Kier alpha value is -6.52. The van der Waals surface area contributed by atoms with Gasteiger partial charge in [-0.1, -0.05) is 84.9 Å². The smallest absolute Gasteiger partial charge is 0.159 e. The molecule has 0 bridgehead atoms. The first kappa shape index (κ1) is 28.2. The monoisotopic (exact) mass is 668 g/mol. The van der Waals surface area contributed by atoms with Crippen molar-refractivity contribution in [3.8, 4) is 22.5 Å². The minimum atomic E-state index is 0.892. The van der Waals surface area contributed by atoms with Gasteiger partial charge < -0.3 is 18.0 Å². The van der Waals surface area contributed by atoms with E-state index in [1.807, 2.05) is 0 Å². The molecule has 2 aliphatic rings. The molecule has 52 heavy (non-hydrogen) atoms. The van der Waals surface area contributed by atoms with Gasteiger partial charge >= 0.3 is 0 Å². The van der Waals surface area contributed by atoms with Gasteiger partial charge in [0.25, 0.3) is 0 Å². The highest BCUT2D eigenvalue weighted by Crippen LogP contribution is 2.42. The van der Waals surface area contributed by atoms with Crippen LogP contribution in [0.3, 0.4) is 0 Å². The van der Waals surface area contributed by atoms with Gasteiger partial charge in [0.15, 0.2) is 11.2 Å². The molecular weight excluding hydrogens is 637 g/mol. The molecule has 0 atom stereocenters. The van der Waals surface area contributed by atoms with Crippen molar-refractivity contribution in [1.82, 2.24) is 9.13 Å². The maximum absolute atomic E-state index is 6.71. The predicted octanol–water partition coefficient (Wildman–Crippen LogP) is 13.0. The Bertz CT molecular complexity index is 2980. The number of benzene rings is 6. The lowest BCUT2D eigenvalue weighted by Crippen LogP contribution is -2.00. The molecule has 0 fully saturated rings. The molecule has 2 aliphatic carbocycles. The summed E-state index contributed by atoms with van der Waals surface area (Å²) in [6.45, 7) is 0. The number of hydrogen-bond acceptors (Lipinski definition) is 2. The quantitative estimate of drug-likeness (QED) is 0.188. The number of furan rings is 2. The summed E-state index contributed by atoms with van der Waals surface area (Å²) in [7, 11) is 0. The van der Waals surface area contributed by atoms with Crippen molar-refractivity contribution in [3.05, 3.63) is 156 Å². The largest absolute Gasteiger partial charge is 0.454 e. The van der Waals surface area contributed by atoms with Gasteiger partial charge in [0, 0.05) is 43.7 Å². The molecule has 0 radical (unpaired) electrons. The van der Waals surface area contributed by atoms with E-state index in [4.69, 9.17) is 8.83 Å². The SMILES string of the molecule is C1=Cc2c(c3ccccc3n2-c2cccc3c2oc2ccc(-c4ccc5oc6c(-n7c8c(c9ccccc97)CCC=C8)cccc6c5c4)cc23)CC1. The Kier molecular flexibility index (Phi) is 5.70. The number of nitrogens with zero attached hydrogens (tertiary/aromatic N) is 2. The van der Waals surface area contributed by atoms with Crippen LogP contribution in [-0.4, -0.2) is 9.13 Å². The molecule has 10 aromatic rings. The van der Waals surface area contributed by atoms with E-state index in [1.54, 1.807) is 0 Å². The average molecular weight is 669 g/mol. The summed E-state index contributed by atoms with van der Waals surface area (Å²) in [5.41, 5.74) is 15.8. The Morgan fingerprint density at radius 3 is 1.38 bits per heavy atom. The molecule has 4 heteroatoms. The van der Waals surface area contributed by atoms with Crippen molar-refractivity contribution in [3.63, 3.8) is 0 Å². The van der Waals surface area contributed by atoms with E-state index in [2.05, 4.69) is 155 Å². The van der Waals surface area contributed by atoms with Crippen LogP contribution in [-0.2, 0) is 12.8 Å². The first-order valence-electron chi connectivity index (χ1n) is 18.3. The highest BCUT2D eigenvalue weighted by atomic mass is 16.3. The van der Waals surface area contributed by atoms with Crippen LogP contribution < -0.4 is 0 Å². The second-order valence-corrected chi connectivity index (χ2v) is 14.2. The van der Waals surface area contributed by atoms with Crippen LogP contribution in [0.2, 0.25) is 0 Å². The van der Waals surface area contributed by atoms with Crippen molar-refractivity contribution < 1.29 is 8.83 Å². The molecule has 0 amide bonds. The highest BCUT2D eigenvalue weighted by molar-refractivity contribution is 6.11. The number of aryl methyl sites for hydroxylation is 2. The molecule has 0 unspecified atom stereocenters. The molecule has 4 nitrogen and oxygen atoms in total. The molecule has 0 saturated carbocycles. The Balaban J connectivity index is 1.01. The fraction of sp³-hybridized carbons (Fsp3) is 0.0833. The van der Waals surface area contributed by atoms with E-state index >= 15 is 0 Å². The van der Waals surface area contributed by atoms with Crippen molar-refractivity contribution in [2.45, 2.75) is 25.7 Å². The number of para-hydroxylation sites is 4. The third kappa shape index (κ3) is 3.81. The van der Waals surface area contributed by atoms with E-state index in [0.29, 0.717) is 0 Å². The van der Waals surface area contributed by atoms with Gasteiger partial charge in [0.1, 0.15) is 11.2 Å². The third-order valence-electron chi connectivity index (χ3n) is 11.5. The minimum absolute atomic E-state index is 0.892. The van der Waals surface area contributed by atoms with Crippen LogP contribution >= 0.6 is 0 Å². The van der Waals surface area contributed by atoms with Crippen molar-refractivity contribution in [1.29, 1.82) is 0 Å². The number of hydrogen-bond donors (Lipinski definition) is 0. The normalized spacial score (nSPS) is 14.1. The second-order valence-electron chi connectivity index (χ2n) is 14.2. The van der Waals surface area contributed by atoms with Gasteiger partial charge in [0.2, 0.25) is 0 Å². The Morgan fingerprint density at radius 1 is 0.423 bits per heavy atom. The van der Waals surface area contributed by atoms with Crippen LogP contribution in [0.25, 0.3) is 100 Å². The first-order chi connectivity index (χ1) is 25.8. The summed E-state index contributed by atoms with van der Waals surface area (Å²) in [5, 5.41) is 7.13. The van der Waals surface area contributed by atoms with Gasteiger partial charge in [-0.25, -0.2) is 0 Å². The molecule has 4 aromatic heterocycles. The Labute approximate surface area is 299 Å². The molecular formula is C48H32N2O2. The topological polar surface area (TPSA) is 36.1 Å². The highest BCUT2D eigenvalue weighted by Gasteiger charge is 2.23. The summed E-state index contributed by atoms with van der Waals surface area (Å²) < 4.78 is 18.2. The maximum atomic E-state index is 6.71. The summed E-state index contributed by atoms with van der Waals surface area (Å²) in [6.07, 6.45) is 13.4. The van der Waals surface area contributed by atoms with E-state index in [0.717, 1.165) is 92.1 Å². The van der Waals surface area contributed by atoms with Crippen LogP contribution in [0.15, 0.2) is 142 Å². The third-order valence-corrected chi connectivity index (χ3v) is 11.5. The molecule has 0 saturated heterocycles. The summed E-state index contributed by atoms with van der Waals surface area (Å²) in [4.78, 5) is 0. The molecule has 0 N–H and O–H groups in total. The number of fused-ring (bicyclic) bond motifs is 12. The standard InChI is InChI=1S/C48H32N2O2/c1-5-17-39-31(11-1)32-12-2-6-18-40(32)49(39)43-21-9-15-35-37-27-29(23-25-45(37)51-47(35)43)30-24-26-46-38(28-30)36-16-10-22-44(48(36)52-46)50-41-19-7-3-13-33(41)34-14-4-8-20-42(34)50/h1,3,5-11,13,15-28H,2,4,12,14H2. The van der Waals surface area contributed by atoms with Crippen LogP contribution in [0.1, 0.15) is 35.4 Å². The predicted molar refractivity (Wildman–Crippen MR) is 215 cm³/mol. The zero-order valence-corrected chi connectivity index (χ0v) is 28.4. The average Bonchev–Trinajstić information content (AvgIpc) is 3.95. The summed E-state index contributed by atoms with van der Waals surface area (Å²) in [5.74, 6) is 0. The fourth-order valence-corrected chi connectivity index (χ4v) is 9.17. The molecule has 4 heterocycles. The van der Waals surface area contributed by atoms with E-state index in [1.165, 1.54) is 44.3 Å². The van der Waals surface area contributed by atoms with Gasteiger partial charge in [-0.2, -0.15) is 0 Å². The molecule has 12 rings (SSSR count). The zero-order valence-electron chi connectivity index (χ0n) is 28.4. The lowest BCUT2D eigenvalue weighted by Gasteiger charge is -2.12. The van der Waals surface area contributed by atoms with Crippen molar-refractivity contribution >= 4 is 77.8 Å². The lowest BCUT2D eigenvalue weighted by atomic mass is 10.00. The van der Waals surface area contributed by atoms with Crippen LogP contribution in [0, 0.1) is 0 Å². The molecule has 246 valence electrons. The number of aromatic nitrogens is 2. The molecule has 0 aliphatic heterocycles. The van der Waals surface area contributed by atoms with E-state index in [9.17, 15) is 0 Å². The zero-order chi connectivity index (χ0) is 33.9. The van der Waals surface area contributed by atoms with E-state index in [-0.39, 0.29) is 0 Å². The minimum Gasteiger partial charge on any atom is -0.454 e. The van der Waals surface area contributed by atoms with E-state index < -0.39 is 0 Å². The van der Waals surface area contributed by atoms with Crippen LogP contribution in [0.4, 0.5) is 0 Å². The van der Waals surface area contributed by atoms with Crippen molar-refractivity contribution in [2.75, 3.05) is 0 Å². The maximum Gasteiger partial charge on any atom is 0.159 e. The fourth-order valence-electron chi connectivity index (χ4n) is 9.17.